The summed E-state index contributed by atoms with van der Waals surface area (Å²) in [6.45, 7) is 6.47. The molecule has 0 saturated carbocycles. The van der Waals surface area contributed by atoms with E-state index in [1.54, 1.807) is 0 Å². The Hall–Kier alpha value is -0.190. The Morgan fingerprint density at radius 3 is 2.79 bits per heavy atom. The molecule has 0 amide bonds. The van der Waals surface area contributed by atoms with Crippen LogP contribution in [-0.2, 0) is 6.54 Å². The van der Waals surface area contributed by atoms with E-state index < -0.39 is 0 Å². The predicted octanol–water partition coefficient (Wildman–Crippen LogP) is 4.14. The smallest absolute Gasteiger partial charge is 0.0412 e. The van der Waals surface area contributed by atoms with Gasteiger partial charge in [0.25, 0.3) is 0 Å². The highest BCUT2D eigenvalue weighted by atomic mass is 79.9. The number of nitrogens with one attached hydrogen (secondary N) is 1. The molecule has 1 unspecified atom stereocenters. The van der Waals surface area contributed by atoms with E-state index in [2.05, 4.69) is 71.5 Å². The van der Waals surface area contributed by atoms with Crippen LogP contribution < -0.4 is 10.2 Å². The molecule has 2 nitrogen and oxygen atoms in total. The number of benzene rings is 1. The fourth-order valence-corrected chi connectivity index (χ4v) is 3.14. The number of rotatable bonds is 8. The lowest BCUT2D eigenvalue weighted by Crippen LogP contribution is -2.32. The van der Waals surface area contributed by atoms with E-state index in [9.17, 15) is 0 Å². The number of nitrogens with zero attached hydrogens (tertiary/aromatic N) is 1. The van der Waals surface area contributed by atoms with Crippen molar-refractivity contribution in [1.82, 2.24) is 5.32 Å². The first-order valence-electron chi connectivity index (χ1n) is 6.81. The zero-order valence-corrected chi connectivity index (χ0v) is 14.8. The van der Waals surface area contributed by atoms with Crippen LogP contribution in [0, 0.1) is 0 Å². The molecule has 0 saturated heterocycles. The van der Waals surface area contributed by atoms with Crippen molar-refractivity contribution in [3.8, 4) is 0 Å². The third-order valence-corrected chi connectivity index (χ3v) is 4.54. The monoisotopic (exact) mass is 344 g/mol. The SMILES string of the molecule is CCCNCc1cc(Br)ccc1N(C)C(C)CSC. The second-order valence-electron chi connectivity index (χ2n) is 4.87. The van der Waals surface area contributed by atoms with Gasteiger partial charge < -0.3 is 10.2 Å². The molecular formula is C15H25BrN2S. The molecule has 1 aromatic rings. The topological polar surface area (TPSA) is 15.3 Å². The van der Waals surface area contributed by atoms with Gasteiger partial charge in [-0.3, -0.25) is 0 Å². The quantitative estimate of drug-likeness (QED) is 0.713. The van der Waals surface area contributed by atoms with Crippen LogP contribution in [0.15, 0.2) is 22.7 Å². The summed E-state index contributed by atoms with van der Waals surface area (Å²) in [4.78, 5) is 2.38. The molecule has 0 aliphatic rings. The minimum Gasteiger partial charge on any atom is -0.371 e. The van der Waals surface area contributed by atoms with Gasteiger partial charge in [-0.1, -0.05) is 22.9 Å². The molecule has 0 heterocycles. The third-order valence-electron chi connectivity index (χ3n) is 3.23. The van der Waals surface area contributed by atoms with Crippen LogP contribution in [0.3, 0.4) is 0 Å². The van der Waals surface area contributed by atoms with Gasteiger partial charge in [0.05, 0.1) is 0 Å². The van der Waals surface area contributed by atoms with E-state index in [0.717, 1.165) is 23.3 Å². The van der Waals surface area contributed by atoms with Crippen LogP contribution >= 0.6 is 27.7 Å². The molecule has 1 aromatic carbocycles. The fourth-order valence-electron chi connectivity index (χ4n) is 2.03. The van der Waals surface area contributed by atoms with Crippen molar-refractivity contribution in [1.29, 1.82) is 0 Å². The first kappa shape index (κ1) is 16.9. The summed E-state index contributed by atoms with van der Waals surface area (Å²) in [6.07, 6.45) is 3.33. The second kappa shape index (κ2) is 8.88. The van der Waals surface area contributed by atoms with Crippen LogP contribution in [-0.4, -0.2) is 31.6 Å². The first-order valence-corrected chi connectivity index (χ1v) is 8.99. The molecule has 108 valence electrons. The van der Waals surface area contributed by atoms with Gasteiger partial charge in [-0.2, -0.15) is 11.8 Å². The van der Waals surface area contributed by atoms with Crippen molar-refractivity contribution < 1.29 is 0 Å². The molecule has 4 heteroatoms. The van der Waals surface area contributed by atoms with Gasteiger partial charge >= 0.3 is 0 Å². The fraction of sp³-hybridized carbons (Fsp3) is 0.600. The van der Waals surface area contributed by atoms with Crippen molar-refractivity contribution in [2.45, 2.75) is 32.9 Å². The van der Waals surface area contributed by atoms with Crippen LogP contribution in [0.5, 0.6) is 0 Å². The van der Waals surface area contributed by atoms with Crippen LogP contribution in [0.4, 0.5) is 5.69 Å². The predicted molar refractivity (Wildman–Crippen MR) is 92.4 cm³/mol. The van der Waals surface area contributed by atoms with E-state index in [-0.39, 0.29) is 0 Å². The molecule has 0 bridgehead atoms. The molecule has 19 heavy (non-hydrogen) atoms. The molecule has 0 spiro atoms. The third kappa shape index (κ3) is 5.36. The Balaban J connectivity index is 2.85. The van der Waals surface area contributed by atoms with Gasteiger partial charge in [0.2, 0.25) is 0 Å². The summed E-state index contributed by atoms with van der Waals surface area (Å²) in [5, 5.41) is 3.49. The van der Waals surface area contributed by atoms with E-state index in [0.29, 0.717) is 6.04 Å². The number of hydrogen-bond acceptors (Lipinski definition) is 3. The van der Waals surface area contributed by atoms with Gasteiger partial charge in [0.15, 0.2) is 0 Å². The van der Waals surface area contributed by atoms with Crippen molar-refractivity contribution in [2.75, 3.05) is 30.5 Å². The van der Waals surface area contributed by atoms with Crippen molar-refractivity contribution in [3.63, 3.8) is 0 Å². The largest absolute Gasteiger partial charge is 0.371 e. The summed E-state index contributed by atoms with van der Waals surface area (Å²) in [6, 6.07) is 7.10. The summed E-state index contributed by atoms with van der Waals surface area (Å²) in [5.41, 5.74) is 2.69. The van der Waals surface area contributed by atoms with Gasteiger partial charge in [0.1, 0.15) is 0 Å². The maximum atomic E-state index is 3.57. The molecule has 1 N–H and O–H groups in total. The Labute approximate surface area is 130 Å². The minimum absolute atomic E-state index is 0.543. The summed E-state index contributed by atoms with van der Waals surface area (Å²) in [7, 11) is 2.19. The Bertz CT molecular complexity index is 384. The molecule has 0 fully saturated rings. The number of halogens is 1. The zero-order valence-electron chi connectivity index (χ0n) is 12.4. The van der Waals surface area contributed by atoms with Crippen molar-refractivity contribution in [2.24, 2.45) is 0 Å². The van der Waals surface area contributed by atoms with E-state index in [1.807, 2.05) is 11.8 Å². The molecule has 0 radical (unpaired) electrons. The lowest BCUT2D eigenvalue weighted by Gasteiger charge is -2.29. The highest BCUT2D eigenvalue weighted by Gasteiger charge is 2.13. The summed E-state index contributed by atoms with van der Waals surface area (Å²) in [5.74, 6) is 1.15. The molecule has 1 atom stereocenters. The second-order valence-corrected chi connectivity index (χ2v) is 6.69. The van der Waals surface area contributed by atoms with Gasteiger partial charge in [-0.05, 0) is 49.9 Å². The lowest BCUT2D eigenvalue weighted by molar-refractivity contribution is 0.670. The highest BCUT2D eigenvalue weighted by molar-refractivity contribution is 9.10. The Morgan fingerprint density at radius 1 is 1.42 bits per heavy atom. The van der Waals surface area contributed by atoms with Crippen molar-refractivity contribution >= 4 is 33.4 Å². The highest BCUT2D eigenvalue weighted by Crippen LogP contribution is 2.25. The maximum Gasteiger partial charge on any atom is 0.0412 e. The summed E-state index contributed by atoms with van der Waals surface area (Å²) < 4.78 is 1.15. The minimum atomic E-state index is 0.543. The molecule has 0 aromatic heterocycles. The maximum absolute atomic E-state index is 3.57. The van der Waals surface area contributed by atoms with Crippen LogP contribution in [0.1, 0.15) is 25.8 Å². The van der Waals surface area contributed by atoms with E-state index in [1.165, 1.54) is 17.7 Å². The Kier molecular flexibility index (Phi) is 7.88. The van der Waals surface area contributed by atoms with Crippen LogP contribution in [0.2, 0.25) is 0 Å². The molecule has 0 aliphatic carbocycles. The molecule has 1 rings (SSSR count). The van der Waals surface area contributed by atoms with Crippen LogP contribution in [0.25, 0.3) is 0 Å². The summed E-state index contributed by atoms with van der Waals surface area (Å²) >= 11 is 5.47. The average Bonchev–Trinajstić information content (AvgIpc) is 2.39. The zero-order chi connectivity index (χ0) is 14.3. The standard InChI is InChI=1S/C15H25BrN2S/c1-5-8-17-10-13-9-14(16)6-7-15(13)18(3)12(2)11-19-4/h6-7,9,12,17H,5,8,10-11H2,1-4H3. The number of thioether (sulfide) groups is 1. The van der Waals surface area contributed by atoms with Crippen molar-refractivity contribution in [3.05, 3.63) is 28.2 Å². The normalized spacial score (nSPS) is 12.5. The van der Waals surface area contributed by atoms with E-state index in [4.69, 9.17) is 0 Å². The lowest BCUT2D eigenvalue weighted by atomic mass is 10.1. The average molecular weight is 345 g/mol. The van der Waals surface area contributed by atoms with Gasteiger partial charge in [-0.25, -0.2) is 0 Å². The molecular weight excluding hydrogens is 320 g/mol. The van der Waals surface area contributed by atoms with Gasteiger partial charge in [-0.15, -0.1) is 0 Å². The van der Waals surface area contributed by atoms with E-state index >= 15 is 0 Å². The van der Waals surface area contributed by atoms with Gasteiger partial charge in [0, 0.05) is 35.5 Å². The first-order chi connectivity index (χ1) is 9.10. The molecule has 0 aliphatic heterocycles. The number of hydrogen-bond donors (Lipinski definition) is 1. The number of anilines is 1. The Morgan fingerprint density at radius 2 is 2.16 bits per heavy atom.